The zero-order valence-electron chi connectivity index (χ0n) is 33.4. The highest BCUT2D eigenvalue weighted by Gasteiger charge is 2.37. The predicted molar refractivity (Wildman–Crippen MR) is 212 cm³/mol. The van der Waals surface area contributed by atoms with Crippen LogP contribution in [0.1, 0.15) is 113 Å². The van der Waals surface area contributed by atoms with Gasteiger partial charge in [0.2, 0.25) is 11.8 Å². The molecule has 2 aliphatic heterocycles. The third-order valence-corrected chi connectivity index (χ3v) is 11.9. The molecule has 2 aliphatic rings. The summed E-state index contributed by atoms with van der Waals surface area (Å²) in [7, 11) is 3.73. The number of benzene rings is 1. The smallest absolute Gasteiger partial charge is 0.271 e. The fourth-order valence-corrected chi connectivity index (χ4v) is 8.01. The minimum absolute atomic E-state index is 0.000517. The van der Waals surface area contributed by atoms with E-state index >= 15 is 0 Å². The highest BCUT2D eigenvalue weighted by atomic mass is 32.1. The molecule has 1 saturated heterocycles. The fourth-order valence-electron chi connectivity index (χ4n) is 7.15. The molecule has 5 amide bonds. The predicted octanol–water partition coefficient (Wildman–Crippen LogP) is 4.65. The molecule has 0 saturated carbocycles. The number of thiazole rings is 1. The number of unbranched alkanes of at least 4 members (excludes halogenated alkanes) is 1. The summed E-state index contributed by atoms with van der Waals surface area (Å²) in [5, 5.41) is 19.0. The van der Waals surface area contributed by atoms with Crippen LogP contribution in [0.5, 0.6) is 0 Å². The van der Waals surface area contributed by atoms with Crippen molar-refractivity contribution in [3.8, 4) is 0 Å². The Morgan fingerprint density at radius 1 is 1.04 bits per heavy atom. The number of piperidine rings is 1. The lowest BCUT2D eigenvalue weighted by molar-refractivity contribution is -0.141. The van der Waals surface area contributed by atoms with E-state index < -0.39 is 30.2 Å². The lowest BCUT2D eigenvalue weighted by Gasteiger charge is -2.38. The molecule has 0 bridgehead atoms. The van der Waals surface area contributed by atoms with E-state index in [1.54, 1.807) is 36.4 Å². The maximum absolute atomic E-state index is 14.3. The normalized spacial score (nSPS) is 19.5. The Labute approximate surface area is 329 Å². The van der Waals surface area contributed by atoms with E-state index in [1.165, 1.54) is 28.4 Å². The number of nitrogens with one attached hydrogen (secondary N) is 2. The molecule has 3 heterocycles. The SMILES string of the molecule is CC[C@H](C)[C@H](NC(=O)[C@H]1CCCCN1C)C(=O)N(C)[C@H](C[C@@H](OCCCCN1C(=O)C=CC1=O)c1nc(C(=O)N[C@H](C)C(O)c2ccccc2)cs1)C(C)C. The maximum Gasteiger partial charge on any atom is 0.271 e. The first-order valence-electron chi connectivity index (χ1n) is 19.6. The monoisotopic (exact) mass is 780 g/mol. The molecule has 2 aromatic rings. The van der Waals surface area contributed by atoms with E-state index in [0.29, 0.717) is 42.9 Å². The first kappa shape index (κ1) is 43.7. The van der Waals surface area contributed by atoms with E-state index in [4.69, 9.17) is 9.72 Å². The van der Waals surface area contributed by atoms with Gasteiger partial charge in [-0.1, -0.05) is 70.9 Å². The van der Waals surface area contributed by atoms with Crippen molar-refractivity contribution >= 4 is 40.9 Å². The van der Waals surface area contributed by atoms with Gasteiger partial charge in [-0.25, -0.2) is 4.98 Å². The van der Waals surface area contributed by atoms with Gasteiger partial charge in [-0.2, -0.15) is 0 Å². The largest absolute Gasteiger partial charge is 0.386 e. The number of likely N-dealkylation sites (N-methyl/N-ethyl adjacent to an activating group) is 2. The Balaban J connectivity index is 1.50. The van der Waals surface area contributed by atoms with Crippen molar-refractivity contribution in [2.75, 3.05) is 33.8 Å². The number of likely N-dealkylation sites (tertiary alicyclic amines) is 1. The lowest BCUT2D eigenvalue weighted by Crippen LogP contribution is -2.58. The van der Waals surface area contributed by atoms with Crippen LogP contribution in [0.25, 0.3) is 0 Å². The molecule has 3 N–H and O–H groups in total. The molecule has 4 rings (SSSR count). The fraction of sp³-hybridized carbons (Fsp3) is 0.610. The van der Waals surface area contributed by atoms with E-state index in [1.807, 2.05) is 52.9 Å². The van der Waals surface area contributed by atoms with Crippen LogP contribution >= 0.6 is 11.3 Å². The zero-order chi connectivity index (χ0) is 40.2. The van der Waals surface area contributed by atoms with Gasteiger partial charge in [0, 0.05) is 50.2 Å². The highest BCUT2D eigenvalue weighted by Crippen LogP contribution is 2.31. The van der Waals surface area contributed by atoms with E-state index in [0.717, 1.165) is 25.8 Å². The minimum atomic E-state index is -0.909. The van der Waals surface area contributed by atoms with Gasteiger partial charge in [0.1, 0.15) is 22.8 Å². The van der Waals surface area contributed by atoms with Gasteiger partial charge in [-0.3, -0.25) is 33.8 Å². The van der Waals surface area contributed by atoms with E-state index in [-0.39, 0.29) is 59.8 Å². The Bertz CT molecular complexity index is 1620. The highest BCUT2D eigenvalue weighted by molar-refractivity contribution is 7.09. The van der Waals surface area contributed by atoms with Crippen molar-refractivity contribution in [2.45, 2.75) is 116 Å². The molecule has 302 valence electrons. The van der Waals surface area contributed by atoms with Gasteiger partial charge in [0.15, 0.2) is 0 Å². The number of aliphatic hydroxyl groups excluding tert-OH is 1. The first-order chi connectivity index (χ1) is 26.2. The van der Waals surface area contributed by atoms with Crippen molar-refractivity contribution in [3.05, 3.63) is 64.1 Å². The summed E-state index contributed by atoms with van der Waals surface area (Å²) in [6, 6.07) is 7.25. The Kier molecular flexibility index (Phi) is 16.5. The van der Waals surface area contributed by atoms with Crippen molar-refractivity contribution in [1.29, 1.82) is 0 Å². The second-order valence-electron chi connectivity index (χ2n) is 15.3. The number of aliphatic hydroxyl groups is 1. The Hall–Kier alpha value is -3.98. The standard InChI is InChI=1S/C41H60N6O7S/c1-8-27(4)36(44-39(52)31-18-12-13-21-45(31)6)41(53)46(7)32(26(2)3)24-33(54-23-15-14-22-47-34(48)19-20-35(47)49)40-43-30(25-55-40)38(51)42-28(5)37(50)29-16-10-9-11-17-29/h9-11,16-17,19-20,25-28,31-33,36-37,50H,8,12-15,18,21-24H2,1-7H3,(H,42,51)(H,44,52)/t27-,28+,31+,32+,33+,36-,37?/m0/s1. The van der Waals surface area contributed by atoms with Crippen LogP contribution in [-0.4, -0.2) is 112 Å². The quantitative estimate of drug-likeness (QED) is 0.128. The molecule has 1 aromatic carbocycles. The number of aromatic nitrogens is 1. The van der Waals surface area contributed by atoms with Crippen molar-refractivity contribution in [3.63, 3.8) is 0 Å². The van der Waals surface area contributed by atoms with Crippen LogP contribution in [0.15, 0.2) is 47.9 Å². The number of rotatable bonds is 20. The van der Waals surface area contributed by atoms with Crippen molar-refractivity contribution in [1.82, 2.24) is 30.3 Å². The molecule has 0 aliphatic carbocycles. The number of imide groups is 1. The number of nitrogens with zero attached hydrogens (tertiary/aromatic N) is 4. The Morgan fingerprint density at radius 3 is 2.36 bits per heavy atom. The molecule has 0 radical (unpaired) electrons. The average molecular weight is 781 g/mol. The van der Waals surface area contributed by atoms with Crippen molar-refractivity contribution < 1.29 is 33.8 Å². The number of hydrogen-bond donors (Lipinski definition) is 3. The summed E-state index contributed by atoms with van der Waals surface area (Å²) in [4.78, 5) is 74.9. The van der Waals surface area contributed by atoms with Gasteiger partial charge in [-0.05, 0) is 63.6 Å². The third kappa shape index (κ3) is 11.8. The second-order valence-corrected chi connectivity index (χ2v) is 16.2. The summed E-state index contributed by atoms with van der Waals surface area (Å²) >= 11 is 1.29. The molecule has 55 heavy (non-hydrogen) atoms. The summed E-state index contributed by atoms with van der Waals surface area (Å²) in [6.45, 7) is 11.2. The number of amides is 5. The molecular formula is C41H60N6O7S. The molecule has 13 nitrogen and oxygen atoms in total. The number of ether oxygens (including phenoxy) is 1. The van der Waals surface area contributed by atoms with Gasteiger partial charge in [0.05, 0.1) is 18.2 Å². The molecule has 0 spiro atoms. The van der Waals surface area contributed by atoms with E-state index in [9.17, 15) is 29.1 Å². The first-order valence-corrected chi connectivity index (χ1v) is 20.5. The van der Waals surface area contributed by atoms with Crippen LogP contribution < -0.4 is 10.6 Å². The summed E-state index contributed by atoms with van der Waals surface area (Å²) in [5.74, 6) is -1.47. The lowest BCUT2D eigenvalue weighted by atomic mass is 9.92. The Morgan fingerprint density at radius 2 is 1.73 bits per heavy atom. The van der Waals surface area contributed by atoms with Gasteiger partial charge in [-0.15, -0.1) is 11.3 Å². The topological polar surface area (TPSA) is 161 Å². The summed E-state index contributed by atoms with van der Waals surface area (Å²) in [5.41, 5.74) is 0.879. The number of carbonyl (C=O) groups excluding carboxylic acids is 5. The molecule has 7 atom stereocenters. The number of hydrogen-bond acceptors (Lipinski definition) is 10. The zero-order valence-corrected chi connectivity index (χ0v) is 34.2. The van der Waals surface area contributed by atoms with Crippen LogP contribution in [0.2, 0.25) is 0 Å². The van der Waals surface area contributed by atoms with Crippen LogP contribution in [0, 0.1) is 11.8 Å². The van der Waals surface area contributed by atoms with Crippen LogP contribution in [0.3, 0.4) is 0 Å². The van der Waals surface area contributed by atoms with Gasteiger partial charge in [0.25, 0.3) is 17.7 Å². The van der Waals surface area contributed by atoms with Crippen LogP contribution in [-0.2, 0) is 23.9 Å². The van der Waals surface area contributed by atoms with E-state index in [2.05, 4.69) is 15.5 Å². The average Bonchev–Trinajstić information content (AvgIpc) is 3.80. The van der Waals surface area contributed by atoms with Crippen molar-refractivity contribution in [2.24, 2.45) is 11.8 Å². The molecule has 14 heteroatoms. The number of carbonyl (C=O) groups is 5. The third-order valence-electron chi connectivity index (χ3n) is 10.9. The minimum Gasteiger partial charge on any atom is -0.386 e. The summed E-state index contributed by atoms with van der Waals surface area (Å²) < 4.78 is 6.47. The second kappa shape index (κ2) is 20.8. The molecule has 1 aromatic heterocycles. The molecule has 1 unspecified atom stereocenters. The van der Waals surface area contributed by atoms with Gasteiger partial charge < -0.3 is 25.4 Å². The summed E-state index contributed by atoms with van der Waals surface area (Å²) in [6.07, 6.45) is 5.99. The molecule has 1 fully saturated rings. The molecular weight excluding hydrogens is 721 g/mol. The van der Waals surface area contributed by atoms with Crippen LogP contribution in [0.4, 0.5) is 0 Å². The maximum atomic E-state index is 14.3. The van der Waals surface area contributed by atoms with Gasteiger partial charge >= 0.3 is 0 Å².